The van der Waals surface area contributed by atoms with Crippen LogP contribution in [-0.2, 0) is 16.1 Å². The second-order valence-electron chi connectivity index (χ2n) is 14.7. The number of hydrogen-bond donors (Lipinski definition) is 1. The largest absolute Gasteiger partial charge is 1.00 e. The third-order valence-corrected chi connectivity index (χ3v) is 10.7. The summed E-state index contributed by atoms with van der Waals surface area (Å²) in [6.07, 6.45) is -22.3. The van der Waals surface area contributed by atoms with Gasteiger partial charge in [-0.1, -0.05) is 57.9 Å². The van der Waals surface area contributed by atoms with Crippen molar-refractivity contribution in [3.05, 3.63) is 128 Å². The summed E-state index contributed by atoms with van der Waals surface area (Å²) in [7, 11) is 0. The number of aromatic nitrogens is 6. The first kappa shape index (κ1) is 59.0. The summed E-state index contributed by atoms with van der Waals surface area (Å²) in [5, 5.41) is 24.8. The van der Waals surface area contributed by atoms with E-state index in [0.29, 0.717) is 30.0 Å². The number of alkyl halides is 14. The fourth-order valence-electron chi connectivity index (χ4n) is 6.96. The van der Waals surface area contributed by atoms with Gasteiger partial charge in [0.25, 0.3) is 0 Å². The van der Waals surface area contributed by atoms with E-state index in [4.69, 9.17) is 27.9 Å². The summed E-state index contributed by atoms with van der Waals surface area (Å²) in [4.78, 5) is 23.3. The maximum absolute atomic E-state index is 14.5. The molecule has 2 N–H and O–H groups in total. The fraction of sp³-hybridized carbons (Fsp3) is 0.286. The van der Waals surface area contributed by atoms with E-state index in [0.717, 1.165) is 4.68 Å². The third kappa shape index (κ3) is 11.2. The molecule has 0 spiro atoms. The Morgan fingerprint density at radius 3 is 1.19 bits per heavy atom. The standard InChI is InChI=1S/C22H17ClF7N3O2.C20H13ClF7N3O2.Na.H2O/c1-4-35-19(34)15-9-14(5-6-16(15)23)33-10-17(31-32-33)18-11(2)7-13(8-12(18)3)20(24,21(25,26)27)22(28,29)30;1-9-5-11(18(22,19(23,24)25)20(26,27)28)6-10(2)16(9)15-8-31(30-29-15)12-3-4-14(21)13(7-12)17(32)33;;/h5-10H,4H2,1-3H3;3-8H,1-2H3,(H,32,33);;1H2/q;;+1;/p-1. The van der Waals surface area contributed by atoms with Gasteiger partial charge in [0.2, 0.25) is 0 Å². The second kappa shape index (κ2) is 21.2. The Labute approximate surface area is 417 Å². The molecule has 0 saturated heterocycles. The zero-order chi connectivity index (χ0) is 51.3. The van der Waals surface area contributed by atoms with Gasteiger partial charge in [-0.2, -0.15) is 52.7 Å². The molecule has 0 amide bonds. The van der Waals surface area contributed by atoms with Gasteiger partial charge in [0, 0.05) is 22.3 Å². The van der Waals surface area contributed by atoms with Gasteiger partial charge in [0.05, 0.1) is 51.5 Å². The molecule has 0 aliphatic heterocycles. The quantitative estimate of drug-likeness (QED) is 0.0847. The van der Waals surface area contributed by atoms with Crippen molar-refractivity contribution in [3.8, 4) is 33.9 Å². The third-order valence-electron chi connectivity index (χ3n) is 10.1. The number of aromatic carboxylic acids is 1. The van der Waals surface area contributed by atoms with Crippen LogP contribution < -0.4 is 29.6 Å². The molecule has 70 heavy (non-hydrogen) atoms. The zero-order valence-corrected chi connectivity index (χ0v) is 40.0. The van der Waals surface area contributed by atoms with E-state index < -0.39 is 59.1 Å². The molecule has 11 nitrogen and oxygen atoms in total. The summed E-state index contributed by atoms with van der Waals surface area (Å²) in [5.74, 6) is -1.97. The number of aryl methyl sites for hydroxylation is 4. The molecule has 372 valence electrons. The number of halogens is 16. The molecular formula is C42H31Cl2F14N6NaO5. The molecule has 6 rings (SSSR count). The van der Waals surface area contributed by atoms with Crippen molar-refractivity contribution in [1.29, 1.82) is 0 Å². The SMILES string of the molecule is CCOC(=O)c1cc(-n2cc(-c3c(C)cc(C(F)(C(F)(F)F)C(F)(F)F)cc3C)nn2)ccc1Cl.Cc1cc(C(F)(C(F)(F)F)C(F)(F)F)cc(C)c1-c1cn(-c2ccc(Cl)c(C(=O)O)c2)nn1.[Na+].[OH-]. The van der Waals surface area contributed by atoms with E-state index in [1.165, 1.54) is 81.2 Å². The Balaban J connectivity index is 0.000000361. The van der Waals surface area contributed by atoms with Crippen molar-refractivity contribution in [2.75, 3.05) is 6.61 Å². The number of nitrogens with zero attached hydrogens (tertiary/aromatic N) is 6. The minimum atomic E-state index is -6.23. The Kier molecular flexibility index (Phi) is 17.8. The number of carboxylic acids is 1. The normalized spacial score (nSPS) is 12.4. The van der Waals surface area contributed by atoms with Gasteiger partial charge in [-0.25, -0.2) is 27.7 Å². The number of rotatable bonds is 9. The zero-order valence-electron chi connectivity index (χ0n) is 36.5. The Morgan fingerprint density at radius 2 is 0.886 bits per heavy atom. The van der Waals surface area contributed by atoms with E-state index in [1.807, 2.05) is 0 Å². The van der Waals surface area contributed by atoms with E-state index in [-0.39, 0.29) is 113 Å². The average molecular weight is 1060 g/mol. The van der Waals surface area contributed by atoms with Gasteiger partial charge in [-0.3, -0.25) is 0 Å². The van der Waals surface area contributed by atoms with Crippen LogP contribution in [0.3, 0.4) is 0 Å². The van der Waals surface area contributed by atoms with Crippen LogP contribution >= 0.6 is 23.2 Å². The predicted octanol–water partition coefficient (Wildman–Crippen LogP) is 9.69. The fourth-order valence-corrected chi connectivity index (χ4v) is 7.35. The maximum Gasteiger partial charge on any atom is 1.00 e. The molecule has 0 aliphatic carbocycles. The number of benzene rings is 4. The first-order valence-corrected chi connectivity index (χ1v) is 19.7. The molecule has 0 saturated carbocycles. The molecule has 28 heteroatoms. The van der Waals surface area contributed by atoms with E-state index in [1.54, 1.807) is 6.92 Å². The number of carbonyl (C=O) groups excluding carboxylic acids is 1. The Hall–Kier alpha value is -5.34. The summed E-state index contributed by atoms with van der Waals surface area (Å²) < 4.78 is 194. The number of carbonyl (C=O) groups is 2. The number of carboxylic acid groups (broad SMARTS) is 1. The van der Waals surface area contributed by atoms with Crippen molar-refractivity contribution in [3.63, 3.8) is 0 Å². The molecule has 0 atom stereocenters. The van der Waals surface area contributed by atoms with E-state index >= 15 is 0 Å². The minimum absolute atomic E-state index is 0. The van der Waals surface area contributed by atoms with Crippen molar-refractivity contribution in [2.45, 2.75) is 70.7 Å². The molecule has 0 aliphatic rings. The molecule has 2 heterocycles. The van der Waals surface area contributed by atoms with E-state index in [9.17, 15) is 76.2 Å². The van der Waals surface area contributed by atoms with Crippen LogP contribution in [0.2, 0.25) is 10.0 Å². The smallest absolute Gasteiger partial charge is 0.870 e. The first-order chi connectivity index (χ1) is 31.2. The Bertz CT molecular complexity index is 2830. The van der Waals surface area contributed by atoms with Crippen molar-refractivity contribution in [2.24, 2.45) is 0 Å². The summed E-state index contributed by atoms with van der Waals surface area (Å²) in [6, 6.07) is 10.2. The van der Waals surface area contributed by atoms with Crippen LogP contribution in [0.4, 0.5) is 61.5 Å². The number of ether oxygens (including phenoxy) is 1. The van der Waals surface area contributed by atoms with Crippen molar-refractivity contribution >= 4 is 35.1 Å². The van der Waals surface area contributed by atoms with Gasteiger partial charge in [0.1, 0.15) is 11.4 Å². The molecular weight excluding hydrogens is 1030 g/mol. The first-order valence-electron chi connectivity index (χ1n) is 18.9. The molecule has 6 aromatic rings. The topological polar surface area (TPSA) is 155 Å². The predicted molar refractivity (Wildman–Crippen MR) is 217 cm³/mol. The van der Waals surface area contributed by atoms with Crippen LogP contribution in [0.25, 0.3) is 33.9 Å². The summed E-state index contributed by atoms with van der Waals surface area (Å²) in [5.41, 5.74) is -13.8. The molecule has 0 radical (unpaired) electrons. The van der Waals surface area contributed by atoms with Gasteiger partial charge in [0.15, 0.2) is 0 Å². The summed E-state index contributed by atoms with van der Waals surface area (Å²) >= 11 is 11.9. The maximum atomic E-state index is 14.5. The molecule has 4 aromatic carbocycles. The van der Waals surface area contributed by atoms with Gasteiger partial charge in [-0.15, -0.1) is 10.2 Å². The monoisotopic (exact) mass is 1060 g/mol. The van der Waals surface area contributed by atoms with Crippen LogP contribution in [0.1, 0.15) is 61.0 Å². The van der Waals surface area contributed by atoms with Crippen molar-refractivity contribution < 1.29 is 116 Å². The van der Waals surface area contributed by atoms with Crippen molar-refractivity contribution in [1.82, 2.24) is 30.0 Å². The number of hydrogen-bond acceptors (Lipinski definition) is 8. The van der Waals surface area contributed by atoms with Gasteiger partial charge >= 0.3 is 77.5 Å². The molecule has 0 bridgehead atoms. The Morgan fingerprint density at radius 1 is 0.571 bits per heavy atom. The van der Waals surface area contributed by atoms with Gasteiger partial charge < -0.3 is 15.3 Å². The van der Waals surface area contributed by atoms with Crippen LogP contribution in [0.15, 0.2) is 73.1 Å². The van der Waals surface area contributed by atoms with Crippen LogP contribution in [0, 0.1) is 27.7 Å². The average Bonchev–Trinajstić information content (AvgIpc) is 3.90. The summed E-state index contributed by atoms with van der Waals surface area (Å²) in [6.45, 7) is 6.62. The second-order valence-corrected chi connectivity index (χ2v) is 15.5. The molecule has 0 unspecified atom stereocenters. The number of esters is 1. The minimum Gasteiger partial charge on any atom is -0.870 e. The van der Waals surface area contributed by atoms with Crippen LogP contribution in [-0.4, -0.2) is 83.8 Å². The van der Waals surface area contributed by atoms with Crippen LogP contribution in [0.5, 0.6) is 0 Å². The molecule has 2 aromatic heterocycles. The van der Waals surface area contributed by atoms with Gasteiger partial charge in [-0.05, 0) is 93.3 Å². The molecule has 0 fully saturated rings. The van der Waals surface area contributed by atoms with E-state index in [2.05, 4.69) is 20.6 Å².